The van der Waals surface area contributed by atoms with Crippen LogP contribution in [-0.4, -0.2) is 11.5 Å². The maximum atomic E-state index is 13.4. The van der Waals surface area contributed by atoms with Gasteiger partial charge in [-0.25, -0.2) is 4.39 Å². The molecule has 2 aromatic rings. The van der Waals surface area contributed by atoms with E-state index in [1.54, 1.807) is 12.3 Å². The van der Waals surface area contributed by atoms with Gasteiger partial charge in [0.15, 0.2) is 0 Å². The van der Waals surface area contributed by atoms with Gasteiger partial charge in [-0.2, -0.15) is 0 Å². The molecule has 1 aromatic carbocycles. The van der Waals surface area contributed by atoms with Crippen LogP contribution in [0.1, 0.15) is 30.5 Å². The summed E-state index contributed by atoms with van der Waals surface area (Å²) in [6, 6.07) is 10.1. The fourth-order valence-electron chi connectivity index (χ4n) is 2.10. The van der Waals surface area contributed by atoms with Crippen molar-refractivity contribution in [3.63, 3.8) is 0 Å². The predicted octanol–water partition coefficient (Wildman–Crippen LogP) is 4.11. The number of nitrogens with zero attached hydrogens (tertiary/aromatic N) is 1. The van der Waals surface area contributed by atoms with Gasteiger partial charge in [-0.05, 0) is 71.3 Å². The maximum absolute atomic E-state index is 13.4. The van der Waals surface area contributed by atoms with Crippen LogP contribution in [0.25, 0.3) is 0 Å². The highest BCUT2D eigenvalue weighted by molar-refractivity contribution is 14.1. The van der Waals surface area contributed by atoms with E-state index in [0.29, 0.717) is 0 Å². The molecule has 1 N–H and O–H groups in total. The van der Waals surface area contributed by atoms with Gasteiger partial charge in [0.25, 0.3) is 0 Å². The standard InChI is InChI=1S/C16H18FIN2/c1-2-7-20-16(13-9-14(17)11-19-10-13)8-12-3-5-15(18)6-4-12/h3-6,9-11,16,20H,2,7-8H2,1H3. The summed E-state index contributed by atoms with van der Waals surface area (Å²) in [4.78, 5) is 3.95. The fourth-order valence-corrected chi connectivity index (χ4v) is 2.46. The van der Waals surface area contributed by atoms with Gasteiger partial charge in [0, 0.05) is 15.8 Å². The molecule has 0 saturated carbocycles. The second-order valence-electron chi connectivity index (χ2n) is 4.77. The monoisotopic (exact) mass is 384 g/mol. The van der Waals surface area contributed by atoms with Gasteiger partial charge in [-0.1, -0.05) is 19.1 Å². The molecule has 0 bridgehead atoms. The Hall–Kier alpha value is -1.01. The summed E-state index contributed by atoms with van der Waals surface area (Å²) in [7, 11) is 0. The molecule has 0 aliphatic heterocycles. The summed E-state index contributed by atoms with van der Waals surface area (Å²) >= 11 is 2.29. The van der Waals surface area contributed by atoms with E-state index >= 15 is 0 Å². The van der Waals surface area contributed by atoms with Gasteiger partial charge >= 0.3 is 0 Å². The molecule has 0 aliphatic rings. The second kappa shape index (κ2) is 7.69. The van der Waals surface area contributed by atoms with E-state index in [1.807, 2.05) is 0 Å². The number of pyridine rings is 1. The first-order valence-electron chi connectivity index (χ1n) is 6.77. The minimum absolute atomic E-state index is 0.0956. The number of hydrogen-bond acceptors (Lipinski definition) is 2. The molecule has 0 fully saturated rings. The number of hydrogen-bond donors (Lipinski definition) is 1. The minimum Gasteiger partial charge on any atom is -0.310 e. The zero-order valence-electron chi connectivity index (χ0n) is 11.4. The molecule has 1 unspecified atom stereocenters. The molecule has 4 heteroatoms. The second-order valence-corrected chi connectivity index (χ2v) is 6.02. The van der Waals surface area contributed by atoms with E-state index in [1.165, 1.54) is 15.3 Å². The molecule has 1 aromatic heterocycles. The van der Waals surface area contributed by atoms with Gasteiger partial charge in [0.2, 0.25) is 0 Å². The van der Waals surface area contributed by atoms with Crippen LogP contribution < -0.4 is 5.32 Å². The summed E-state index contributed by atoms with van der Waals surface area (Å²) in [5, 5.41) is 3.47. The quantitative estimate of drug-likeness (QED) is 0.759. The summed E-state index contributed by atoms with van der Waals surface area (Å²) in [6.07, 6.45) is 4.86. The van der Waals surface area contributed by atoms with Crippen molar-refractivity contribution in [1.82, 2.24) is 10.3 Å². The van der Waals surface area contributed by atoms with E-state index < -0.39 is 0 Å². The van der Waals surface area contributed by atoms with E-state index in [2.05, 4.69) is 64.1 Å². The van der Waals surface area contributed by atoms with Crippen LogP contribution in [0.2, 0.25) is 0 Å². The summed E-state index contributed by atoms with van der Waals surface area (Å²) < 4.78 is 14.6. The first-order valence-corrected chi connectivity index (χ1v) is 7.85. The Balaban J connectivity index is 2.16. The number of nitrogens with one attached hydrogen (secondary N) is 1. The molecule has 0 spiro atoms. The minimum atomic E-state index is -0.284. The fraction of sp³-hybridized carbons (Fsp3) is 0.312. The lowest BCUT2D eigenvalue weighted by Crippen LogP contribution is -2.24. The first kappa shape index (κ1) is 15.4. The van der Waals surface area contributed by atoms with Crippen molar-refractivity contribution < 1.29 is 4.39 Å². The van der Waals surface area contributed by atoms with Crippen LogP contribution in [0.15, 0.2) is 42.7 Å². The average Bonchev–Trinajstić information content (AvgIpc) is 2.45. The normalized spacial score (nSPS) is 12.3. The van der Waals surface area contributed by atoms with E-state index in [0.717, 1.165) is 24.9 Å². The first-order chi connectivity index (χ1) is 9.69. The topological polar surface area (TPSA) is 24.9 Å². The lowest BCUT2D eigenvalue weighted by molar-refractivity contribution is 0.521. The largest absolute Gasteiger partial charge is 0.310 e. The SMILES string of the molecule is CCCNC(Cc1ccc(I)cc1)c1cncc(F)c1. The summed E-state index contributed by atoms with van der Waals surface area (Å²) in [5.74, 6) is -0.284. The number of benzene rings is 1. The van der Waals surface area contributed by atoms with Gasteiger partial charge in [0.05, 0.1) is 6.20 Å². The molecular weight excluding hydrogens is 366 g/mol. The average molecular weight is 384 g/mol. The van der Waals surface area contributed by atoms with Crippen LogP contribution in [0, 0.1) is 9.39 Å². The van der Waals surface area contributed by atoms with Crippen LogP contribution in [0.5, 0.6) is 0 Å². The molecule has 1 heterocycles. The molecule has 0 radical (unpaired) electrons. The predicted molar refractivity (Wildman–Crippen MR) is 88.1 cm³/mol. The lowest BCUT2D eigenvalue weighted by atomic mass is 10.00. The molecule has 2 nitrogen and oxygen atoms in total. The van der Waals surface area contributed by atoms with Crippen molar-refractivity contribution in [1.29, 1.82) is 0 Å². The molecule has 106 valence electrons. The smallest absolute Gasteiger partial charge is 0.141 e. The van der Waals surface area contributed by atoms with Crippen LogP contribution in [0.4, 0.5) is 4.39 Å². The Morgan fingerprint density at radius 1 is 1.25 bits per heavy atom. The van der Waals surface area contributed by atoms with Gasteiger partial charge in [0.1, 0.15) is 5.82 Å². The zero-order valence-corrected chi connectivity index (χ0v) is 13.6. The van der Waals surface area contributed by atoms with Gasteiger partial charge in [-0.3, -0.25) is 4.98 Å². The molecular formula is C16H18FIN2. The number of halogens is 2. The van der Waals surface area contributed by atoms with Crippen molar-refractivity contribution in [3.05, 3.63) is 63.2 Å². The van der Waals surface area contributed by atoms with Crippen molar-refractivity contribution in [2.75, 3.05) is 6.54 Å². The third-order valence-corrected chi connectivity index (χ3v) is 3.84. The highest BCUT2D eigenvalue weighted by Gasteiger charge is 2.12. The highest BCUT2D eigenvalue weighted by atomic mass is 127. The zero-order chi connectivity index (χ0) is 14.4. The Labute approximate surface area is 133 Å². The Bertz CT molecular complexity index is 542. The molecule has 0 amide bonds. The number of aromatic nitrogens is 1. The van der Waals surface area contributed by atoms with Crippen molar-refractivity contribution in [2.45, 2.75) is 25.8 Å². The molecule has 1 atom stereocenters. The third kappa shape index (κ3) is 4.52. The van der Waals surface area contributed by atoms with Crippen molar-refractivity contribution >= 4 is 22.6 Å². The molecule has 0 saturated heterocycles. The molecule has 2 rings (SSSR count). The van der Waals surface area contributed by atoms with Crippen LogP contribution in [-0.2, 0) is 6.42 Å². The van der Waals surface area contributed by atoms with Gasteiger partial charge in [-0.15, -0.1) is 0 Å². The highest BCUT2D eigenvalue weighted by Crippen LogP contribution is 2.19. The van der Waals surface area contributed by atoms with Crippen molar-refractivity contribution in [3.8, 4) is 0 Å². The Kier molecular flexibility index (Phi) is 5.91. The lowest BCUT2D eigenvalue weighted by Gasteiger charge is -2.19. The molecule has 0 aliphatic carbocycles. The summed E-state index contributed by atoms with van der Waals surface area (Å²) in [6.45, 7) is 3.03. The number of rotatable bonds is 6. The van der Waals surface area contributed by atoms with E-state index in [9.17, 15) is 4.39 Å². The molecule has 20 heavy (non-hydrogen) atoms. The van der Waals surface area contributed by atoms with Crippen molar-refractivity contribution in [2.24, 2.45) is 0 Å². The summed E-state index contributed by atoms with van der Waals surface area (Å²) in [5.41, 5.74) is 2.14. The van der Waals surface area contributed by atoms with E-state index in [-0.39, 0.29) is 11.9 Å². The maximum Gasteiger partial charge on any atom is 0.141 e. The Morgan fingerprint density at radius 2 is 2.00 bits per heavy atom. The Morgan fingerprint density at radius 3 is 2.65 bits per heavy atom. The van der Waals surface area contributed by atoms with Gasteiger partial charge < -0.3 is 5.32 Å². The van der Waals surface area contributed by atoms with E-state index in [4.69, 9.17) is 0 Å². The third-order valence-electron chi connectivity index (χ3n) is 3.12. The van der Waals surface area contributed by atoms with Crippen LogP contribution >= 0.6 is 22.6 Å². The van der Waals surface area contributed by atoms with Crippen LogP contribution in [0.3, 0.4) is 0 Å².